The molecule has 7 heteroatoms. The van der Waals surface area contributed by atoms with Crippen LogP contribution in [0.1, 0.15) is 51.3 Å². The molecule has 0 bridgehead atoms. The highest BCUT2D eigenvalue weighted by Gasteiger charge is 2.28. The van der Waals surface area contributed by atoms with E-state index in [0.717, 1.165) is 51.1 Å². The molecule has 1 aliphatic heterocycles. The predicted octanol–water partition coefficient (Wildman–Crippen LogP) is 1.55. The minimum absolute atomic E-state index is 0. The van der Waals surface area contributed by atoms with E-state index in [4.69, 9.17) is 5.73 Å². The van der Waals surface area contributed by atoms with Crippen molar-refractivity contribution in [3.63, 3.8) is 0 Å². The van der Waals surface area contributed by atoms with Gasteiger partial charge in [0.2, 0.25) is 5.91 Å². The summed E-state index contributed by atoms with van der Waals surface area (Å²) in [6.07, 6.45) is 5.39. The van der Waals surface area contributed by atoms with Crippen molar-refractivity contribution in [1.29, 1.82) is 0 Å². The molecule has 0 saturated carbocycles. The van der Waals surface area contributed by atoms with Crippen LogP contribution >= 0.6 is 12.4 Å². The second-order valence-corrected chi connectivity index (χ2v) is 5.47. The van der Waals surface area contributed by atoms with E-state index in [1.54, 1.807) is 6.33 Å². The molecule has 2 rings (SSSR count). The Hall–Kier alpha value is -1.14. The lowest BCUT2D eigenvalue weighted by Gasteiger charge is -2.33. The van der Waals surface area contributed by atoms with Crippen molar-refractivity contribution in [3.05, 3.63) is 12.2 Å². The third-order valence-corrected chi connectivity index (χ3v) is 4.07. The summed E-state index contributed by atoms with van der Waals surface area (Å²) in [7, 11) is 0. The Bertz CT molecular complexity index is 442. The van der Waals surface area contributed by atoms with Gasteiger partial charge >= 0.3 is 0 Å². The Morgan fingerprint density at radius 1 is 1.43 bits per heavy atom. The summed E-state index contributed by atoms with van der Waals surface area (Å²) in [6.45, 7) is 6.59. The second kappa shape index (κ2) is 8.34. The van der Waals surface area contributed by atoms with Gasteiger partial charge < -0.3 is 15.2 Å². The molecule has 6 nitrogen and oxygen atoms in total. The van der Waals surface area contributed by atoms with Crippen molar-refractivity contribution in [3.8, 4) is 0 Å². The van der Waals surface area contributed by atoms with Crippen LogP contribution in [0.25, 0.3) is 0 Å². The first-order chi connectivity index (χ1) is 9.67. The Labute approximate surface area is 132 Å². The fourth-order valence-electron chi connectivity index (χ4n) is 2.85. The highest BCUT2D eigenvalue weighted by molar-refractivity contribution is 5.85. The number of amides is 1. The van der Waals surface area contributed by atoms with Gasteiger partial charge in [0.15, 0.2) is 0 Å². The Balaban J connectivity index is 0.00000220. The zero-order valence-electron chi connectivity index (χ0n) is 12.9. The van der Waals surface area contributed by atoms with Crippen LogP contribution in [0, 0.1) is 0 Å². The molecule has 1 aromatic rings. The number of hydrogen-bond acceptors (Lipinski definition) is 4. The first-order valence-electron chi connectivity index (χ1n) is 7.59. The summed E-state index contributed by atoms with van der Waals surface area (Å²) in [4.78, 5) is 14.1. The van der Waals surface area contributed by atoms with Gasteiger partial charge in [-0.1, -0.05) is 13.3 Å². The number of hydrogen-bond donors (Lipinski definition) is 1. The number of nitrogens with zero attached hydrogens (tertiary/aromatic N) is 4. The van der Waals surface area contributed by atoms with Gasteiger partial charge in [-0.15, -0.1) is 22.6 Å². The Kier molecular flexibility index (Phi) is 7.11. The highest BCUT2D eigenvalue weighted by atomic mass is 35.5. The van der Waals surface area contributed by atoms with Gasteiger partial charge in [-0.3, -0.25) is 4.79 Å². The number of halogens is 1. The van der Waals surface area contributed by atoms with E-state index in [1.807, 2.05) is 4.90 Å². The summed E-state index contributed by atoms with van der Waals surface area (Å²) in [6, 6.07) is -0.337. The predicted molar refractivity (Wildman–Crippen MR) is 84.4 cm³/mol. The molecule has 1 atom stereocenters. The van der Waals surface area contributed by atoms with E-state index >= 15 is 0 Å². The van der Waals surface area contributed by atoms with Gasteiger partial charge in [0.1, 0.15) is 12.2 Å². The summed E-state index contributed by atoms with van der Waals surface area (Å²) < 4.78 is 2.09. The van der Waals surface area contributed by atoms with E-state index in [9.17, 15) is 4.79 Å². The number of likely N-dealkylation sites (tertiary alicyclic amines) is 1. The van der Waals surface area contributed by atoms with Crippen LogP contribution in [0.15, 0.2) is 6.33 Å². The summed E-state index contributed by atoms with van der Waals surface area (Å²) in [5.74, 6) is 1.56. The fraction of sp³-hybridized carbons (Fsp3) is 0.786. The van der Waals surface area contributed by atoms with Crippen molar-refractivity contribution >= 4 is 18.3 Å². The van der Waals surface area contributed by atoms with E-state index in [2.05, 4.69) is 28.6 Å². The number of piperidine rings is 1. The molecule has 0 aliphatic carbocycles. The van der Waals surface area contributed by atoms with Gasteiger partial charge in [-0.2, -0.15) is 0 Å². The lowest BCUT2D eigenvalue weighted by molar-refractivity contribution is -0.133. The molecule has 2 N–H and O–H groups in total. The van der Waals surface area contributed by atoms with Gasteiger partial charge in [0.05, 0.1) is 6.04 Å². The van der Waals surface area contributed by atoms with Gasteiger partial charge in [0.25, 0.3) is 0 Å². The minimum Gasteiger partial charge on any atom is -0.341 e. The summed E-state index contributed by atoms with van der Waals surface area (Å²) >= 11 is 0. The zero-order valence-corrected chi connectivity index (χ0v) is 13.7. The summed E-state index contributed by atoms with van der Waals surface area (Å²) in [5, 5.41) is 8.22. The molecule has 120 valence electrons. The van der Waals surface area contributed by atoms with E-state index < -0.39 is 0 Å². The number of carbonyl (C=O) groups excluding carboxylic acids is 1. The lowest BCUT2D eigenvalue weighted by atomic mass is 9.95. The molecule has 0 radical (unpaired) electrons. The average molecular weight is 316 g/mol. The molecule has 0 spiro atoms. The third-order valence-electron chi connectivity index (χ3n) is 4.07. The number of rotatable bonds is 5. The number of nitrogens with two attached hydrogens (primary N) is 1. The smallest absolute Gasteiger partial charge is 0.239 e. The maximum atomic E-state index is 12.2. The maximum Gasteiger partial charge on any atom is 0.239 e. The molecule has 1 amide bonds. The quantitative estimate of drug-likeness (QED) is 0.894. The molecule has 1 saturated heterocycles. The molecule has 1 aromatic heterocycles. The fourth-order valence-corrected chi connectivity index (χ4v) is 2.85. The molecule has 1 unspecified atom stereocenters. The van der Waals surface area contributed by atoms with Crippen molar-refractivity contribution in [2.75, 3.05) is 13.1 Å². The maximum absolute atomic E-state index is 12.2. The van der Waals surface area contributed by atoms with Crippen LogP contribution in [-0.2, 0) is 11.3 Å². The van der Waals surface area contributed by atoms with Crippen LogP contribution < -0.4 is 5.73 Å². The van der Waals surface area contributed by atoms with E-state index in [0.29, 0.717) is 5.92 Å². The Morgan fingerprint density at radius 3 is 2.67 bits per heavy atom. The standard InChI is InChI=1S/C14H25N5O.ClH/c1-3-5-12(15)14(20)19-8-6-11(7-9-19)13-17-16-10-18(13)4-2;/h10-12H,3-9,15H2,1-2H3;1H. The van der Waals surface area contributed by atoms with Crippen LogP contribution in [0.3, 0.4) is 0 Å². The van der Waals surface area contributed by atoms with Crippen LogP contribution in [0.5, 0.6) is 0 Å². The molecule has 2 heterocycles. The zero-order chi connectivity index (χ0) is 14.5. The van der Waals surface area contributed by atoms with E-state index in [-0.39, 0.29) is 24.4 Å². The normalized spacial score (nSPS) is 17.4. The summed E-state index contributed by atoms with van der Waals surface area (Å²) in [5.41, 5.74) is 5.92. The van der Waals surface area contributed by atoms with Crippen molar-refractivity contribution in [2.45, 2.75) is 58.0 Å². The topological polar surface area (TPSA) is 77.0 Å². The first-order valence-corrected chi connectivity index (χ1v) is 7.59. The molecule has 1 fully saturated rings. The van der Waals surface area contributed by atoms with Crippen LogP contribution in [0.2, 0.25) is 0 Å². The van der Waals surface area contributed by atoms with Gasteiger partial charge in [-0.05, 0) is 26.2 Å². The molecule has 1 aliphatic rings. The van der Waals surface area contributed by atoms with Crippen LogP contribution in [0.4, 0.5) is 0 Å². The number of aromatic nitrogens is 3. The highest BCUT2D eigenvalue weighted by Crippen LogP contribution is 2.26. The van der Waals surface area contributed by atoms with Crippen molar-refractivity contribution < 1.29 is 4.79 Å². The monoisotopic (exact) mass is 315 g/mol. The van der Waals surface area contributed by atoms with Crippen molar-refractivity contribution in [1.82, 2.24) is 19.7 Å². The minimum atomic E-state index is -0.337. The number of carbonyl (C=O) groups is 1. The first kappa shape index (κ1) is 17.9. The molecular weight excluding hydrogens is 290 g/mol. The molecular formula is C14H26ClN5O. The van der Waals surface area contributed by atoms with E-state index in [1.165, 1.54) is 0 Å². The van der Waals surface area contributed by atoms with Gasteiger partial charge in [-0.25, -0.2) is 0 Å². The Morgan fingerprint density at radius 2 is 2.10 bits per heavy atom. The van der Waals surface area contributed by atoms with Crippen LogP contribution in [-0.4, -0.2) is 44.7 Å². The SMILES string of the molecule is CCCC(N)C(=O)N1CCC(c2nncn2CC)CC1.Cl. The average Bonchev–Trinajstić information content (AvgIpc) is 2.95. The second-order valence-electron chi connectivity index (χ2n) is 5.47. The van der Waals surface area contributed by atoms with Gasteiger partial charge in [0, 0.05) is 25.6 Å². The van der Waals surface area contributed by atoms with Crippen molar-refractivity contribution in [2.24, 2.45) is 5.73 Å². The third kappa shape index (κ3) is 4.17. The largest absolute Gasteiger partial charge is 0.341 e. The lowest BCUT2D eigenvalue weighted by Crippen LogP contribution is -2.47. The number of aryl methyl sites for hydroxylation is 1. The molecule has 0 aromatic carbocycles. The molecule has 21 heavy (non-hydrogen) atoms.